The van der Waals surface area contributed by atoms with E-state index in [2.05, 4.69) is 6.58 Å². The van der Waals surface area contributed by atoms with Gasteiger partial charge < -0.3 is 18.9 Å². The molecule has 0 N–H and O–H groups in total. The van der Waals surface area contributed by atoms with Crippen molar-refractivity contribution in [3.05, 3.63) is 108 Å². The standard InChI is InChI=1S/C31H25NO9/c1-2-29(35)39-17-3-16-38-22-10-6-20(7-11-22)31(37)41-26-13-12-25(23-18-24(23)26)40-30(36)19-4-8-21(9-5-19)32-27(33)14-15-28(32)34/h2,4-15,23-24H,1,3,16-18H2. The third-order valence-electron chi connectivity index (χ3n) is 6.58. The molecule has 0 aromatic heterocycles. The molecule has 5 rings (SSSR count). The van der Waals surface area contributed by atoms with E-state index in [-0.39, 0.29) is 24.0 Å². The lowest BCUT2D eigenvalue weighted by Crippen LogP contribution is -2.29. The molecule has 2 aliphatic carbocycles. The van der Waals surface area contributed by atoms with Crippen LogP contribution in [0.1, 0.15) is 33.6 Å². The number of fused-ring (bicyclic) bond motifs is 1. The lowest BCUT2D eigenvalue weighted by molar-refractivity contribution is -0.138. The highest BCUT2D eigenvalue weighted by molar-refractivity contribution is 6.28. The summed E-state index contributed by atoms with van der Waals surface area (Å²) in [5.41, 5.74) is 0.984. The average molecular weight is 556 g/mol. The molecule has 41 heavy (non-hydrogen) atoms. The van der Waals surface area contributed by atoms with E-state index in [0.29, 0.717) is 48.0 Å². The van der Waals surface area contributed by atoms with Gasteiger partial charge in [-0.25, -0.2) is 19.3 Å². The fourth-order valence-corrected chi connectivity index (χ4v) is 4.36. The summed E-state index contributed by atoms with van der Waals surface area (Å²) in [4.78, 5) is 61.1. The number of esters is 3. The Kier molecular flexibility index (Phi) is 7.91. The molecule has 1 fully saturated rings. The van der Waals surface area contributed by atoms with Crippen molar-refractivity contribution < 1.29 is 42.9 Å². The Balaban J connectivity index is 1.12. The van der Waals surface area contributed by atoms with Crippen LogP contribution in [0.2, 0.25) is 0 Å². The Labute approximate surface area is 235 Å². The van der Waals surface area contributed by atoms with Crippen LogP contribution in [0.5, 0.6) is 5.75 Å². The number of benzene rings is 2. The molecule has 0 bridgehead atoms. The van der Waals surface area contributed by atoms with Crippen LogP contribution in [0.4, 0.5) is 5.69 Å². The van der Waals surface area contributed by atoms with Gasteiger partial charge in [-0.15, -0.1) is 0 Å². The zero-order chi connectivity index (χ0) is 28.9. The monoisotopic (exact) mass is 555 g/mol. The summed E-state index contributed by atoms with van der Waals surface area (Å²) in [6.07, 6.45) is 7.92. The molecule has 2 atom stereocenters. The Hall–Kier alpha value is -5.25. The number of anilines is 1. The van der Waals surface area contributed by atoms with Crippen molar-refractivity contribution in [2.75, 3.05) is 18.1 Å². The lowest BCUT2D eigenvalue weighted by Gasteiger charge is -2.16. The predicted octanol–water partition coefficient (Wildman–Crippen LogP) is 4.05. The van der Waals surface area contributed by atoms with E-state index in [9.17, 15) is 24.0 Å². The second-order valence-electron chi connectivity index (χ2n) is 9.36. The number of hydrogen-bond donors (Lipinski definition) is 0. The van der Waals surface area contributed by atoms with E-state index in [1.807, 2.05) is 0 Å². The van der Waals surface area contributed by atoms with Crippen LogP contribution in [0.25, 0.3) is 0 Å². The number of carbonyl (C=O) groups is 5. The zero-order valence-corrected chi connectivity index (χ0v) is 21.8. The topological polar surface area (TPSA) is 126 Å². The molecule has 2 unspecified atom stereocenters. The average Bonchev–Trinajstić information content (AvgIpc) is 3.73. The van der Waals surface area contributed by atoms with Gasteiger partial charge in [-0.3, -0.25) is 9.59 Å². The van der Waals surface area contributed by atoms with Gasteiger partial charge in [0.05, 0.1) is 30.0 Å². The molecular weight excluding hydrogens is 530 g/mol. The Morgan fingerprint density at radius 1 is 0.805 bits per heavy atom. The first-order valence-corrected chi connectivity index (χ1v) is 12.9. The summed E-state index contributed by atoms with van der Waals surface area (Å²) in [6.45, 7) is 3.89. The molecule has 10 nitrogen and oxygen atoms in total. The second kappa shape index (κ2) is 11.9. The largest absolute Gasteiger partial charge is 0.493 e. The minimum atomic E-state index is -0.570. The molecule has 2 aromatic rings. The summed E-state index contributed by atoms with van der Waals surface area (Å²) in [5, 5.41) is 0. The first-order valence-electron chi connectivity index (χ1n) is 12.9. The van der Waals surface area contributed by atoms with Crippen LogP contribution < -0.4 is 9.64 Å². The molecule has 2 amide bonds. The van der Waals surface area contributed by atoms with E-state index < -0.39 is 29.7 Å². The number of ether oxygens (including phenoxy) is 4. The van der Waals surface area contributed by atoms with Crippen LogP contribution in [-0.4, -0.2) is 42.9 Å². The summed E-state index contributed by atoms with van der Waals surface area (Å²) >= 11 is 0. The molecule has 0 spiro atoms. The zero-order valence-electron chi connectivity index (χ0n) is 21.8. The van der Waals surface area contributed by atoms with Gasteiger partial charge in [0.25, 0.3) is 11.8 Å². The van der Waals surface area contributed by atoms with E-state index in [4.69, 9.17) is 18.9 Å². The van der Waals surface area contributed by atoms with Gasteiger partial charge in [-0.1, -0.05) is 6.58 Å². The number of carbonyl (C=O) groups excluding carboxylic acids is 5. The van der Waals surface area contributed by atoms with Gasteiger partial charge in [0, 0.05) is 36.5 Å². The minimum Gasteiger partial charge on any atom is -0.493 e. The SMILES string of the molecule is C=CC(=O)OCCCOc1ccc(C(=O)OC2=CC=C(OC(=O)c3ccc(N4C(=O)C=CC4=O)cc3)C3CC23)cc1. The van der Waals surface area contributed by atoms with Gasteiger partial charge >= 0.3 is 17.9 Å². The first kappa shape index (κ1) is 27.3. The van der Waals surface area contributed by atoms with Crippen LogP contribution in [0.15, 0.2) is 97.0 Å². The van der Waals surface area contributed by atoms with E-state index in [0.717, 1.165) is 11.0 Å². The van der Waals surface area contributed by atoms with E-state index in [1.54, 1.807) is 36.4 Å². The first-order chi connectivity index (χ1) is 19.8. The molecule has 1 saturated carbocycles. The van der Waals surface area contributed by atoms with Gasteiger partial charge in [0.15, 0.2) is 0 Å². The Morgan fingerprint density at radius 3 is 1.88 bits per heavy atom. The van der Waals surface area contributed by atoms with Gasteiger partial charge in [-0.2, -0.15) is 0 Å². The summed E-state index contributed by atoms with van der Waals surface area (Å²) < 4.78 is 21.7. The van der Waals surface area contributed by atoms with Crippen LogP contribution in [-0.2, 0) is 28.6 Å². The normalized spacial score (nSPS) is 18.6. The van der Waals surface area contributed by atoms with Gasteiger partial charge in [0.1, 0.15) is 17.3 Å². The molecule has 208 valence electrons. The maximum Gasteiger partial charge on any atom is 0.343 e. The highest BCUT2D eigenvalue weighted by Crippen LogP contribution is 2.52. The van der Waals surface area contributed by atoms with Crippen molar-refractivity contribution in [1.29, 1.82) is 0 Å². The third kappa shape index (κ3) is 6.33. The van der Waals surface area contributed by atoms with E-state index in [1.165, 1.54) is 36.4 Å². The van der Waals surface area contributed by atoms with Crippen molar-refractivity contribution >= 4 is 35.4 Å². The van der Waals surface area contributed by atoms with Gasteiger partial charge in [0.2, 0.25) is 0 Å². The highest BCUT2D eigenvalue weighted by Gasteiger charge is 2.48. The number of imide groups is 1. The molecule has 1 heterocycles. The Morgan fingerprint density at radius 2 is 1.34 bits per heavy atom. The quantitative estimate of drug-likeness (QED) is 0.133. The van der Waals surface area contributed by atoms with Crippen LogP contribution >= 0.6 is 0 Å². The van der Waals surface area contributed by atoms with Crippen LogP contribution in [0.3, 0.4) is 0 Å². The van der Waals surface area contributed by atoms with E-state index >= 15 is 0 Å². The van der Waals surface area contributed by atoms with Crippen molar-refractivity contribution in [1.82, 2.24) is 0 Å². The maximum atomic E-state index is 12.7. The highest BCUT2D eigenvalue weighted by atomic mass is 16.5. The van der Waals surface area contributed by atoms with Crippen molar-refractivity contribution in [3.63, 3.8) is 0 Å². The maximum absolute atomic E-state index is 12.7. The number of rotatable bonds is 11. The molecule has 1 aliphatic heterocycles. The van der Waals surface area contributed by atoms with Crippen molar-refractivity contribution in [3.8, 4) is 5.75 Å². The number of amides is 2. The smallest absolute Gasteiger partial charge is 0.343 e. The minimum absolute atomic E-state index is 0.0633. The Bertz CT molecular complexity index is 1480. The molecular formula is C31H25NO9. The molecule has 10 heteroatoms. The molecule has 0 saturated heterocycles. The third-order valence-corrected chi connectivity index (χ3v) is 6.58. The van der Waals surface area contributed by atoms with Crippen molar-refractivity contribution in [2.24, 2.45) is 11.8 Å². The fraction of sp³-hybridized carbons (Fsp3) is 0.194. The number of allylic oxidation sites excluding steroid dienone is 4. The summed E-state index contributed by atoms with van der Waals surface area (Å²) in [6, 6.07) is 12.5. The predicted molar refractivity (Wildman–Crippen MR) is 144 cm³/mol. The number of hydrogen-bond acceptors (Lipinski definition) is 9. The number of nitrogens with zero attached hydrogens (tertiary/aromatic N) is 1. The molecule has 3 aliphatic rings. The van der Waals surface area contributed by atoms with Gasteiger partial charge in [-0.05, 0) is 67.1 Å². The van der Waals surface area contributed by atoms with Crippen LogP contribution in [0, 0.1) is 11.8 Å². The summed E-state index contributed by atoms with van der Waals surface area (Å²) in [7, 11) is 0. The summed E-state index contributed by atoms with van der Waals surface area (Å²) in [5.74, 6) is -1.02. The second-order valence-corrected chi connectivity index (χ2v) is 9.36. The lowest BCUT2D eigenvalue weighted by atomic mass is 10.1. The fourth-order valence-electron chi connectivity index (χ4n) is 4.36. The molecule has 2 aromatic carbocycles. The van der Waals surface area contributed by atoms with Crippen molar-refractivity contribution in [2.45, 2.75) is 12.8 Å². The molecule has 0 radical (unpaired) electrons.